The first-order chi connectivity index (χ1) is 10.6. The molecule has 2 saturated heterocycles. The average Bonchev–Trinajstić information content (AvgIpc) is 2.81. The largest absolute Gasteiger partial charge is 0.367 e. The number of likely N-dealkylation sites (N-methyl/N-ethyl adjacent to an activating group) is 1. The molecule has 2 aliphatic rings. The normalized spacial score (nSPS) is 24.0. The summed E-state index contributed by atoms with van der Waals surface area (Å²) >= 11 is 0. The molecule has 2 fully saturated rings. The lowest BCUT2D eigenvalue weighted by atomic mass is 10.0. The number of carbonyl (C=O) groups excluding carboxylic acids is 1. The van der Waals surface area contributed by atoms with Crippen LogP contribution in [0.4, 0.5) is 5.82 Å². The highest BCUT2D eigenvalue weighted by Crippen LogP contribution is 2.20. The number of aromatic nitrogens is 2. The first-order valence-electron chi connectivity index (χ1n) is 8.15. The molecule has 0 bridgehead atoms. The highest BCUT2D eigenvalue weighted by molar-refractivity contribution is 5.78. The minimum absolute atomic E-state index is 0.292. The number of anilines is 1. The van der Waals surface area contributed by atoms with E-state index in [-0.39, 0.29) is 0 Å². The Hall–Kier alpha value is -1.69. The van der Waals surface area contributed by atoms with Crippen molar-refractivity contribution >= 4 is 11.7 Å². The topological polar surface area (TPSA) is 61.4 Å². The molecular weight excluding hydrogens is 278 g/mol. The zero-order valence-corrected chi connectivity index (χ0v) is 13.5. The number of rotatable bonds is 4. The fourth-order valence-corrected chi connectivity index (χ4v) is 3.38. The summed E-state index contributed by atoms with van der Waals surface area (Å²) in [7, 11) is 1.94. The van der Waals surface area contributed by atoms with E-state index in [1.165, 1.54) is 0 Å². The predicted molar refractivity (Wildman–Crippen MR) is 85.6 cm³/mol. The van der Waals surface area contributed by atoms with Crippen LogP contribution < -0.4 is 5.32 Å². The molecule has 0 saturated carbocycles. The van der Waals surface area contributed by atoms with Crippen LogP contribution in [0, 0.1) is 6.92 Å². The summed E-state index contributed by atoms with van der Waals surface area (Å²) in [5, 5.41) is 3.51. The number of hydrogen-bond donors (Lipinski definition) is 1. The molecule has 1 N–H and O–H groups in total. The van der Waals surface area contributed by atoms with Crippen LogP contribution in [0.15, 0.2) is 12.4 Å². The average molecular weight is 303 g/mol. The van der Waals surface area contributed by atoms with Gasteiger partial charge in [-0.15, -0.1) is 0 Å². The van der Waals surface area contributed by atoms with Crippen molar-refractivity contribution in [2.45, 2.75) is 44.7 Å². The molecule has 6 heteroatoms. The number of likely N-dealkylation sites (tertiary alicyclic amines) is 2. The first-order valence-corrected chi connectivity index (χ1v) is 8.15. The Morgan fingerprint density at radius 3 is 2.68 bits per heavy atom. The Labute approximate surface area is 131 Å². The van der Waals surface area contributed by atoms with Crippen molar-refractivity contribution in [3.63, 3.8) is 0 Å². The molecule has 120 valence electrons. The van der Waals surface area contributed by atoms with Crippen LogP contribution in [-0.2, 0) is 4.79 Å². The summed E-state index contributed by atoms with van der Waals surface area (Å²) in [6, 6.07) is 2.88. The van der Waals surface area contributed by atoms with E-state index in [2.05, 4.69) is 20.2 Å². The number of carbonyl (C=O) groups is 1. The van der Waals surface area contributed by atoms with Crippen molar-refractivity contribution in [2.75, 3.05) is 32.0 Å². The molecule has 3 heterocycles. The molecule has 1 atom stereocenters. The van der Waals surface area contributed by atoms with Crippen molar-refractivity contribution in [3.05, 3.63) is 18.1 Å². The fraction of sp³-hybridized carbons (Fsp3) is 0.688. The lowest BCUT2D eigenvalue weighted by molar-refractivity contribution is -0.127. The highest BCUT2D eigenvalue weighted by Gasteiger charge is 2.30. The standard InChI is InChI=1S/C16H25N5O/c1-12-9-15(18-11-17-12)19-13-5-7-21(8-6-13)10-14-3-4-16(22)20(14)2/h9,11,13-14H,3-8,10H2,1-2H3,(H,17,18,19). The Kier molecular flexibility index (Phi) is 4.57. The number of hydrogen-bond acceptors (Lipinski definition) is 5. The van der Waals surface area contributed by atoms with Crippen LogP contribution >= 0.6 is 0 Å². The Bertz CT molecular complexity index is 527. The van der Waals surface area contributed by atoms with Crippen molar-refractivity contribution in [3.8, 4) is 0 Å². The van der Waals surface area contributed by atoms with Crippen LogP contribution in [0.1, 0.15) is 31.4 Å². The summed E-state index contributed by atoms with van der Waals surface area (Å²) in [6.07, 6.45) is 5.57. The van der Waals surface area contributed by atoms with E-state index in [0.29, 0.717) is 24.4 Å². The van der Waals surface area contributed by atoms with Crippen LogP contribution in [0.3, 0.4) is 0 Å². The van der Waals surface area contributed by atoms with Gasteiger partial charge in [-0.1, -0.05) is 0 Å². The molecule has 1 aromatic rings. The van der Waals surface area contributed by atoms with E-state index < -0.39 is 0 Å². The lowest BCUT2D eigenvalue weighted by Crippen LogP contribution is -2.45. The number of nitrogens with one attached hydrogen (secondary N) is 1. The van der Waals surface area contributed by atoms with Gasteiger partial charge >= 0.3 is 0 Å². The predicted octanol–water partition coefficient (Wildman–Crippen LogP) is 1.28. The Morgan fingerprint density at radius 2 is 2.05 bits per heavy atom. The Balaban J connectivity index is 1.45. The molecule has 0 radical (unpaired) electrons. The van der Waals surface area contributed by atoms with Gasteiger partial charge in [0.1, 0.15) is 12.1 Å². The smallest absolute Gasteiger partial charge is 0.222 e. The molecule has 0 aromatic carbocycles. The molecule has 1 unspecified atom stereocenters. The lowest BCUT2D eigenvalue weighted by Gasteiger charge is -2.35. The summed E-state index contributed by atoms with van der Waals surface area (Å²) in [6.45, 7) is 5.16. The van der Waals surface area contributed by atoms with Crippen molar-refractivity contribution in [1.29, 1.82) is 0 Å². The van der Waals surface area contributed by atoms with Crippen LogP contribution in [0.25, 0.3) is 0 Å². The molecule has 0 aliphatic carbocycles. The van der Waals surface area contributed by atoms with Gasteiger partial charge in [-0.3, -0.25) is 4.79 Å². The molecule has 3 rings (SSSR count). The maximum absolute atomic E-state index is 11.6. The zero-order valence-electron chi connectivity index (χ0n) is 13.5. The third kappa shape index (κ3) is 3.55. The van der Waals surface area contributed by atoms with Crippen LogP contribution in [0.5, 0.6) is 0 Å². The van der Waals surface area contributed by atoms with Gasteiger partial charge in [0, 0.05) is 56.9 Å². The second-order valence-electron chi connectivity index (χ2n) is 6.46. The summed E-state index contributed by atoms with van der Waals surface area (Å²) in [5.41, 5.74) is 0.990. The number of nitrogens with zero attached hydrogens (tertiary/aromatic N) is 4. The molecule has 22 heavy (non-hydrogen) atoms. The quantitative estimate of drug-likeness (QED) is 0.908. The van der Waals surface area contributed by atoms with Gasteiger partial charge in [0.25, 0.3) is 0 Å². The number of amides is 1. The van der Waals surface area contributed by atoms with Gasteiger partial charge in [-0.05, 0) is 26.2 Å². The highest BCUT2D eigenvalue weighted by atomic mass is 16.2. The van der Waals surface area contributed by atoms with E-state index >= 15 is 0 Å². The maximum atomic E-state index is 11.6. The van der Waals surface area contributed by atoms with Crippen LogP contribution in [-0.4, -0.2) is 64.4 Å². The van der Waals surface area contributed by atoms with Gasteiger partial charge in [0.05, 0.1) is 0 Å². The van der Waals surface area contributed by atoms with Gasteiger partial charge in [-0.2, -0.15) is 0 Å². The molecule has 2 aliphatic heterocycles. The Morgan fingerprint density at radius 1 is 1.27 bits per heavy atom. The van der Waals surface area contributed by atoms with Gasteiger partial charge in [0.15, 0.2) is 0 Å². The molecule has 0 spiro atoms. The summed E-state index contributed by atoms with van der Waals surface area (Å²) in [5.74, 6) is 1.22. The zero-order chi connectivity index (χ0) is 15.5. The van der Waals surface area contributed by atoms with Crippen molar-refractivity contribution < 1.29 is 4.79 Å². The third-order valence-electron chi connectivity index (χ3n) is 4.84. The third-order valence-corrected chi connectivity index (χ3v) is 4.84. The van der Waals surface area contributed by atoms with Gasteiger partial charge in [0.2, 0.25) is 5.91 Å². The second-order valence-corrected chi connectivity index (χ2v) is 6.46. The molecule has 6 nitrogen and oxygen atoms in total. The molecule has 1 amide bonds. The van der Waals surface area contributed by atoms with E-state index in [4.69, 9.17) is 0 Å². The van der Waals surface area contributed by atoms with E-state index in [9.17, 15) is 4.79 Å². The molecule has 1 aromatic heterocycles. The summed E-state index contributed by atoms with van der Waals surface area (Å²) < 4.78 is 0. The van der Waals surface area contributed by atoms with E-state index in [0.717, 1.165) is 50.4 Å². The van der Waals surface area contributed by atoms with Gasteiger partial charge in [-0.25, -0.2) is 9.97 Å². The van der Waals surface area contributed by atoms with Crippen molar-refractivity contribution in [1.82, 2.24) is 19.8 Å². The van der Waals surface area contributed by atoms with E-state index in [1.54, 1.807) is 6.33 Å². The minimum atomic E-state index is 0.292. The number of aryl methyl sites for hydroxylation is 1. The summed E-state index contributed by atoms with van der Waals surface area (Å²) in [4.78, 5) is 24.4. The van der Waals surface area contributed by atoms with Crippen LogP contribution in [0.2, 0.25) is 0 Å². The molecular formula is C16H25N5O. The minimum Gasteiger partial charge on any atom is -0.367 e. The first kappa shape index (κ1) is 15.2. The van der Waals surface area contributed by atoms with Gasteiger partial charge < -0.3 is 15.1 Å². The SMILES string of the molecule is Cc1cc(NC2CCN(CC3CCC(=O)N3C)CC2)ncn1. The second kappa shape index (κ2) is 6.60. The van der Waals surface area contributed by atoms with E-state index in [1.807, 2.05) is 24.9 Å². The van der Waals surface area contributed by atoms with Crippen molar-refractivity contribution in [2.24, 2.45) is 0 Å². The fourth-order valence-electron chi connectivity index (χ4n) is 3.38. The number of piperidine rings is 1. The monoisotopic (exact) mass is 303 g/mol. The maximum Gasteiger partial charge on any atom is 0.222 e.